The van der Waals surface area contributed by atoms with Gasteiger partial charge in [-0.05, 0) is 31.2 Å². The van der Waals surface area contributed by atoms with E-state index in [1.165, 1.54) is 32.1 Å². The topological polar surface area (TPSA) is 49.3 Å². The first-order valence-corrected chi connectivity index (χ1v) is 6.57. The molecule has 0 aromatic carbocycles. The third-order valence-electron chi connectivity index (χ3n) is 3.85. The molecule has 0 radical (unpaired) electrons. The highest BCUT2D eigenvalue weighted by molar-refractivity contribution is 5.69. The lowest BCUT2D eigenvalue weighted by molar-refractivity contribution is -0.140. The Morgan fingerprint density at radius 3 is 2.38 bits per heavy atom. The predicted octanol–water partition coefficient (Wildman–Crippen LogP) is 2.51. The smallest absolute Gasteiger partial charge is 0.307 e. The summed E-state index contributed by atoms with van der Waals surface area (Å²) in [6.45, 7) is 5.62. The molecular weight excluding hydrogens is 202 g/mol. The van der Waals surface area contributed by atoms with Crippen molar-refractivity contribution in [2.24, 2.45) is 17.8 Å². The number of hydrogen-bond donors (Lipinski definition) is 2. The number of nitrogens with one attached hydrogen (secondary N) is 1. The van der Waals surface area contributed by atoms with Gasteiger partial charge in [-0.3, -0.25) is 4.79 Å². The van der Waals surface area contributed by atoms with Crippen LogP contribution in [0.15, 0.2) is 0 Å². The summed E-state index contributed by atoms with van der Waals surface area (Å²) < 4.78 is 0. The van der Waals surface area contributed by atoms with Crippen LogP contribution < -0.4 is 5.32 Å². The molecule has 0 aromatic rings. The monoisotopic (exact) mass is 227 g/mol. The first kappa shape index (κ1) is 13.5. The van der Waals surface area contributed by atoms with Crippen LogP contribution in [-0.2, 0) is 4.79 Å². The van der Waals surface area contributed by atoms with Gasteiger partial charge >= 0.3 is 5.97 Å². The molecule has 0 aliphatic heterocycles. The molecule has 0 amide bonds. The lowest BCUT2D eigenvalue weighted by Crippen LogP contribution is -2.31. The molecule has 1 unspecified atom stereocenters. The van der Waals surface area contributed by atoms with Gasteiger partial charge in [0, 0.05) is 6.54 Å². The molecule has 1 saturated carbocycles. The van der Waals surface area contributed by atoms with Crippen molar-refractivity contribution in [1.82, 2.24) is 5.32 Å². The maximum Gasteiger partial charge on any atom is 0.307 e. The van der Waals surface area contributed by atoms with Crippen LogP contribution in [0.4, 0.5) is 0 Å². The molecule has 0 aromatic heterocycles. The maximum absolute atomic E-state index is 10.6. The highest BCUT2D eigenvalue weighted by Crippen LogP contribution is 2.29. The van der Waals surface area contributed by atoms with Gasteiger partial charge in [-0.1, -0.05) is 33.1 Å². The summed E-state index contributed by atoms with van der Waals surface area (Å²) in [5.74, 6) is 0.729. The van der Waals surface area contributed by atoms with Crippen molar-refractivity contribution in [1.29, 1.82) is 0 Å². The van der Waals surface area contributed by atoms with Crippen LogP contribution in [-0.4, -0.2) is 24.2 Å². The van der Waals surface area contributed by atoms with Crippen LogP contribution >= 0.6 is 0 Å². The standard InChI is InChI=1S/C13H25NO2/c1-3-11-4-6-12(7-5-11)9-14-8-10(2)13(15)16/h10-12,14H,3-9H2,1-2H3,(H,15,16). The molecule has 0 bridgehead atoms. The van der Waals surface area contributed by atoms with Crippen LogP contribution in [0, 0.1) is 17.8 Å². The van der Waals surface area contributed by atoms with Crippen LogP contribution in [0.25, 0.3) is 0 Å². The molecule has 3 nitrogen and oxygen atoms in total. The van der Waals surface area contributed by atoms with E-state index >= 15 is 0 Å². The van der Waals surface area contributed by atoms with E-state index in [4.69, 9.17) is 5.11 Å². The zero-order chi connectivity index (χ0) is 12.0. The van der Waals surface area contributed by atoms with Gasteiger partial charge < -0.3 is 10.4 Å². The van der Waals surface area contributed by atoms with E-state index < -0.39 is 5.97 Å². The van der Waals surface area contributed by atoms with E-state index in [-0.39, 0.29) is 5.92 Å². The third-order valence-corrected chi connectivity index (χ3v) is 3.85. The van der Waals surface area contributed by atoms with Crippen molar-refractivity contribution < 1.29 is 9.90 Å². The Balaban J connectivity index is 2.08. The molecular formula is C13H25NO2. The second-order valence-corrected chi connectivity index (χ2v) is 5.19. The molecule has 3 heteroatoms. The van der Waals surface area contributed by atoms with Gasteiger partial charge in [0.05, 0.1) is 5.92 Å². The Bertz CT molecular complexity index is 210. The molecule has 1 aliphatic carbocycles. The minimum Gasteiger partial charge on any atom is -0.481 e. The van der Waals surface area contributed by atoms with Crippen LogP contribution in [0.5, 0.6) is 0 Å². The normalized spacial score (nSPS) is 27.6. The van der Waals surface area contributed by atoms with Gasteiger partial charge in [-0.15, -0.1) is 0 Å². The van der Waals surface area contributed by atoms with Gasteiger partial charge in [0.1, 0.15) is 0 Å². The van der Waals surface area contributed by atoms with Gasteiger partial charge in [-0.25, -0.2) is 0 Å². The SMILES string of the molecule is CCC1CCC(CNCC(C)C(=O)O)CC1. The summed E-state index contributed by atoms with van der Waals surface area (Å²) in [6.07, 6.45) is 6.66. The van der Waals surface area contributed by atoms with E-state index in [0.29, 0.717) is 6.54 Å². The molecule has 0 heterocycles. The zero-order valence-electron chi connectivity index (χ0n) is 10.5. The average Bonchev–Trinajstić information content (AvgIpc) is 2.29. The summed E-state index contributed by atoms with van der Waals surface area (Å²) in [7, 11) is 0. The fourth-order valence-electron chi connectivity index (χ4n) is 2.44. The zero-order valence-corrected chi connectivity index (χ0v) is 10.5. The Morgan fingerprint density at radius 2 is 1.88 bits per heavy atom. The number of carboxylic acids is 1. The van der Waals surface area contributed by atoms with Crippen molar-refractivity contribution in [3.63, 3.8) is 0 Å². The van der Waals surface area contributed by atoms with Crippen LogP contribution in [0.2, 0.25) is 0 Å². The molecule has 2 N–H and O–H groups in total. The summed E-state index contributed by atoms with van der Waals surface area (Å²) in [4.78, 5) is 10.6. The number of carboxylic acid groups (broad SMARTS) is 1. The average molecular weight is 227 g/mol. The van der Waals surface area contributed by atoms with Gasteiger partial charge in [0.15, 0.2) is 0 Å². The van der Waals surface area contributed by atoms with Crippen molar-refractivity contribution >= 4 is 5.97 Å². The first-order chi connectivity index (χ1) is 7.63. The summed E-state index contributed by atoms with van der Waals surface area (Å²) in [5.41, 5.74) is 0. The second kappa shape index (κ2) is 6.89. The largest absolute Gasteiger partial charge is 0.481 e. The third kappa shape index (κ3) is 4.52. The number of carbonyl (C=O) groups is 1. The minimum absolute atomic E-state index is 0.271. The van der Waals surface area contributed by atoms with Crippen molar-refractivity contribution in [2.45, 2.75) is 46.0 Å². The molecule has 1 rings (SSSR count). The van der Waals surface area contributed by atoms with E-state index in [2.05, 4.69) is 12.2 Å². The predicted molar refractivity (Wildman–Crippen MR) is 65.4 cm³/mol. The van der Waals surface area contributed by atoms with Gasteiger partial charge in [0.25, 0.3) is 0 Å². The molecule has 0 spiro atoms. The highest BCUT2D eigenvalue weighted by Gasteiger charge is 2.20. The van der Waals surface area contributed by atoms with Gasteiger partial charge in [0.2, 0.25) is 0 Å². The van der Waals surface area contributed by atoms with Crippen molar-refractivity contribution in [3.05, 3.63) is 0 Å². The molecule has 0 saturated heterocycles. The fourth-order valence-corrected chi connectivity index (χ4v) is 2.44. The highest BCUT2D eigenvalue weighted by atomic mass is 16.4. The van der Waals surface area contributed by atoms with Crippen LogP contribution in [0.3, 0.4) is 0 Å². The van der Waals surface area contributed by atoms with Crippen LogP contribution in [0.1, 0.15) is 46.0 Å². The molecule has 94 valence electrons. The lowest BCUT2D eigenvalue weighted by atomic mass is 9.81. The van der Waals surface area contributed by atoms with E-state index in [1.807, 2.05) is 0 Å². The summed E-state index contributed by atoms with van der Waals surface area (Å²) >= 11 is 0. The maximum atomic E-state index is 10.6. The Labute approximate surface area is 98.6 Å². The number of hydrogen-bond acceptors (Lipinski definition) is 2. The van der Waals surface area contributed by atoms with E-state index in [1.54, 1.807) is 6.92 Å². The van der Waals surface area contributed by atoms with E-state index in [0.717, 1.165) is 18.4 Å². The van der Waals surface area contributed by atoms with E-state index in [9.17, 15) is 4.79 Å². The van der Waals surface area contributed by atoms with Gasteiger partial charge in [-0.2, -0.15) is 0 Å². The summed E-state index contributed by atoms with van der Waals surface area (Å²) in [5, 5.41) is 12.0. The quantitative estimate of drug-likeness (QED) is 0.733. The molecule has 1 aliphatic rings. The Hall–Kier alpha value is -0.570. The molecule has 16 heavy (non-hydrogen) atoms. The van der Waals surface area contributed by atoms with Crippen molar-refractivity contribution in [3.8, 4) is 0 Å². The second-order valence-electron chi connectivity index (χ2n) is 5.19. The minimum atomic E-state index is -0.706. The summed E-state index contributed by atoms with van der Waals surface area (Å²) in [6, 6.07) is 0. The Morgan fingerprint density at radius 1 is 1.31 bits per heavy atom. The first-order valence-electron chi connectivity index (χ1n) is 6.57. The lowest BCUT2D eigenvalue weighted by Gasteiger charge is -2.28. The van der Waals surface area contributed by atoms with Crippen molar-refractivity contribution in [2.75, 3.05) is 13.1 Å². The molecule has 1 fully saturated rings. The fraction of sp³-hybridized carbons (Fsp3) is 0.923. The Kier molecular flexibility index (Phi) is 5.81. The number of aliphatic carboxylic acids is 1. The number of rotatable bonds is 6. The molecule has 1 atom stereocenters.